The minimum Gasteiger partial charge on any atom is -0.345 e. The van der Waals surface area contributed by atoms with Gasteiger partial charge in [0.25, 0.3) is 5.91 Å². The summed E-state index contributed by atoms with van der Waals surface area (Å²) in [5.41, 5.74) is 7.13. The number of carbonyl (C=O) groups is 1. The van der Waals surface area contributed by atoms with E-state index < -0.39 is 0 Å². The van der Waals surface area contributed by atoms with Gasteiger partial charge < -0.3 is 10.0 Å². The van der Waals surface area contributed by atoms with Gasteiger partial charge in [-0.15, -0.1) is 0 Å². The second-order valence-electron chi connectivity index (χ2n) is 8.85. The molecule has 158 valence electrons. The number of anilines is 1. The standard InChI is InChI=1S/C25H31N3OS/c1-15-12-18(8-11-22(15)28-30-7)17(3)27-24(29)21-14-26-23-13-19(25(4,5)6)9-10-20(23)16(21)2/h8-14,17,28H,1-7H3,(H,27,29)/t17-/m1/s1. The maximum absolute atomic E-state index is 13.0. The molecule has 5 heteroatoms. The van der Waals surface area contributed by atoms with E-state index in [1.165, 1.54) is 5.56 Å². The monoisotopic (exact) mass is 421 g/mol. The Hall–Kier alpha value is -2.53. The molecular formula is C25H31N3OS. The van der Waals surface area contributed by atoms with Crippen LogP contribution in [0.1, 0.15) is 66.3 Å². The average molecular weight is 422 g/mol. The van der Waals surface area contributed by atoms with Gasteiger partial charge >= 0.3 is 0 Å². The van der Waals surface area contributed by atoms with Crippen LogP contribution in [0, 0.1) is 13.8 Å². The van der Waals surface area contributed by atoms with Gasteiger partial charge in [-0.25, -0.2) is 0 Å². The number of fused-ring (bicyclic) bond motifs is 1. The van der Waals surface area contributed by atoms with Gasteiger partial charge in [-0.05, 0) is 60.6 Å². The van der Waals surface area contributed by atoms with Gasteiger partial charge in [-0.3, -0.25) is 9.78 Å². The van der Waals surface area contributed by atoms with E-state index in [4.69, 9.17) is 0 Å². The molecule has 0 spiro atoms. The van der Waals surface area contributed by atoms with Crippen molar-refractivity contribution >= 4 is 34.4 Å². The normalized spacial score (nSPS) is 12.6. The first kappa shape index (κ1) is 22.2. The van der Waals surface area contributed by atoms with Crippen LogP contribution in [0.3, 0.4) is 0 Å². The molecule has 0 aliphatic heterocycles. The molecule has 3 rings (SSSR count). The highest BCUT2D eigenvalue weighted by Crippen LogP contribution is 2.28. The van der Waals surface area contributed by atoms with Crippen LogP contribution in [0.2, 0.25) is 0 Å². The van der Waals surface area contributed by atoms with Crippen molar-refractivity contribution in [2.45, 2.75) is 53.0 Å². The number of carbonyl (C=O) groups excluding carboxylic acids is 1. The smallest absolute Gasteiger partial charge is 0.253 e. The third-order valence-electron chi connectivity index (χ3n) is 5.56. The van der Waals surface area contributed by atoms with Crippen LogP contribution in [0.5, 0.6) is 0 Å². The van der Waals surface area contributed by atoms with Crippen molar-refractivity contribution in [1.82, 2.24) is 10.3 Å². The molecule has 0 fully saturated rings. The number of hydrogen-bond acceptors (Lipinski definition) is 4. The molecule has 0 radical (unpaired) electrons. The molecule has 30 heavy (non-hydrogen) atoms. The van der Waals surface area contributed by atoms with Gasteiger partial charge in [0.2, 0.25) is 0 Å². The highest BCUT2D eigenvalue weighted by Gasteiger charge is 2.18. The van der Waals surface area contributed by atoms with E-state index in [1.54, 1.807) is 18.1 Å². The third kappa shape index (κ3) is 4.62. The minimum absolute atomic E-state index is 0.0638. The van der Waals surface area contributed by atoms with E-state index in [0.717, 1.165) is 33.3 Å². The van der Waals surface area contributed by atoms with Crippen LogP contribution in [-0.2, 0) is 5.41 Å². The quantitative estimate of drug-likeness (QED) is 0.473. The maximum Gasteiger partial charge on any atom is 0.253 e. The lowest BCUT2D eigenvalue weighted by Crippen LogP contribution is -2.27. The zero-order valence-electron chi connectivity index (χ0n) is 18.9. The van der Waals surface area contributed by atoms with Gasteiger partial charge in [0, 0.05) is 23.5 Å². The number of nitrogens with one attached hydrogen (secondary N) is 2. The number of nitrogens with zero attached hydrogens (tertiary/aromatic N) is 1. The van der Waals surface area contributed by atoms with Crippen molar-refractivity contribution in [2.75, 3.05) is 11.0 Å². The lowest BCUT2D eigenvalue weighted by Gasteiger charge is -2.20. The van der Waals surface area contributed by atoms with Crippen molar-refractivity contribution < 1.29 is 4.79 Å². The molecule has 1 amide bonds. The Morgan fingerprint density at radius 1 is 1.10 bits per heavy atom. The molecule has 1 atom stereocenters. The van der Waals surface area contributed by atoms with E-state index in [-0.39, 0.29) is 17.4 Å². The lowest BCUT2D eigenvalue weighted by molar-refractivity contribution is 0.0939. The zero-order valence-corrected chi connectivity index (χ0v) is 19.7. The second-order valence-corrected chi connectivity index (χ2v) is 9.47. The lowest BCUT2D eigenvalue weighted by atomic mass is 9.86. The first-order valence-electron chi connectivity index (χ1n) is 10.2. The number of aryl methyl sites for hydroxylation is 2. The summed E-state index contributed by atoms with van der Waals surface area (Å²) in [7, 11) is 0. The molecule has 0 aliphatic rings. The third-order valence-corrected chi connectivity index (χ3v) is 5.98. The summed E-state index contributed by atoms with van der Waals surface area (Å²) in [5, 5.41) is 4.15. The highest BCUT2D eigenvalue weighted by molar-refractivity contribution is 7.99. The predicted molar refractivity (Wildman–Crippen MR) is 129 cm³/mol. The number of benzene rings is 2. The van der Waals surface area contributed by atoms with E-state index in [1.807, 2.05) is 20.1 Å². The number of rotatable bonds is 5. The summed E-state index contributed by atoms with van der Waals surface area (Å²) in [6.07, 6.45) is 3.70. The number of amides is 1. The Kier molecular flexibility index (Phi) is 6.41. The molecule has 0 saturated heterocycles. The molecule has 3 aromatic rings. The Morgan fingerprint density at radius 2 is 1.83 bits per heavy atom. The Labute approximate surface area is 184 Å². The summed E-state index contributed by atoms with van der Waals surface area (Å²) in [4.78, 5) is 17.6. The van der Waals surface area contributed by atoms with Gasteiger partial charge in [-0.1, -0.05) is 57.0 Å². The zero-order chi connectivity index (χ0) is 22.1. The predicted octanol–water partition coefficient (Wildman–Crippen LogP) is 6.33. The fourth-order valence-corrected chi connectivity index (χ4v) is 4.01. The first-order chi connectivity index (χ1) is 14.1. The van der Waals surface area contributed by atoms with Crippen LogP contribution in [0.4, 0.5) is 5.69 Å². The fourth-order valence-electron chi connectivity index (χ4n) is 3.57. The Morgan fingerprint density at radius 3 is 2.47 bits per heavy atom. The highest BCUT2D eigenvalue weighted by atomic mass is 32.2. The van der Waals surface area contributed by atoms with Crippen LogP contribution in [0.15, 0.2) is 42.6 Å². The van der Waals surface area contributed by atoms with Crippen LogP contribution in [0.25, 0.3) is 10.9 Å². The largest absolute Gasteiger partial charge is 0.345 e. The van der Waals surface area contributed by atoms with Gasteiger partial charge in [0.05, 0.1) is 17.1 Å². The summed E-state index contributed by atoms with van der Waals surface area (Å²) >= 11 is 1.57. The molecule has 0 unspecified atom stereocenters. The van der Waals surface area contributed by atoms with Gasteiger partial charge in [-0.2, -0.15) is 0 Å². The van der Waals surface area contributed by atoms with E-state index in [0.29, 0.717) is 5.56 Å². The van der Waals surface area contributed by atoms with E-state index >= 15 is 0 Å². The molecule has 4 nitrogen and oxygen atoms in total. The van der Waals surface area contributed by atoms with Crippen molar-refractivity contribution in [3.63, 3.8) is 0 Å². The fraction of sp³-hybridized carbons (Fsp3) is 0.360. The topological polar surface area (TPSA) is 54.0 Å². The average Bonchev–Trinajstić information content (AvgIpc) is 2.68. The van der Waals surface area contributed by atoms with Crippen LogP contribution in [-0.4, -0.2) is 17.1 Å². The SMILES string of the molecule is CSNc1ccc([C@@H](C)NC(=O)c2cnc3cc(C(C)(C)C)ccc3c2C)cc1C. The summed E-state index contributed by atoms with van der Waals surface area (Å²) in [5.74, 6) is -0.0988. The summed E-state index contributed by atoms with van der Waals surface area (Å²) in [6, 6.07) is 12.5. The van der Waals surface area contributed by atoms with Crippen LogP contribution < -0.4 is 10.0 Å². The second kappa shape index (κ2) is 8.68. The molecular weight excluding hydrogens is 390 g/mol. The maximum atomic E-state index is 13.0. The Bertz CT molecular complexity index is 1090. The van der Waals surface area contributed by atoms with E-state index in [2.05, 4.69) is 79.1 Å². The number of aromatic nitrogens is 1. The molecule has 0 bridgehead atoms. The first-order valence-corrected chi connectivity index (χ1v) is 11.4. The molecule has 0 aliphatic carbocycles. The summed E-state index contributed by atoms with van der Waals surface area (Å²) < 4.78 is 3.27. The Balaban J connectivity index is 1.84. The molecule has 2 N–H and O–H groups in total. The van der Waals surface area contributed by atoms with Crippen molar-refractivity contribution in [2.24, 2.45) is 0 Å². The van der Waals surface area contributed by atoms with Crippen LogP contribution >= 0.6 is 11.9 Å². The van der Waals surface area contributed by atoms with E-state index in [9.17, 15) is 4.79 Å². The number of hydrogen-bond donors (Lipinski definition) is 2. The molecule has 1 heterocycles. The van der Waals surface area contributed by atoms with Gasteiger partial charge in [0.1, 0.15) is 0 Å². The number of pyridine rings is 1. The summed E-state index contributed by atoms with van der Waals surface area (Å²) in [6.45, 7) is 12.6. The van der Waals surface area contributed by atoms with Crippen molar-refractivity contribution in [3.05, 3.63) is 70.4 Å². The van der Waals surface area contributed by atoms with Crippen molar-refractivity contribution in [1.29, 1.82) is 0 Å². The molecule has 0 saturated carbocycles. The van der Waals surface area contributed by atoms with Crippen molar-refractivity contribution in [3.8, 4) is 0 Å². The molecule has 2 aromatic carbocycles. The minimum atomic E-state index is -0.0992. The van der Waals surface area contributed by atoms with Gasteiger partial charge in [0.15, 0.2) is 0 Å². The molecule has 1 aromatic heterocycles.